The molecule has 6 nitrogen and oxygen atoms in total. The van der Waals surface area contributed by atoms with Crippen molar-refractivity contribution in [2.24, 2.45) is 0 Å². The molecular weight excluding hydrogens is 1010 g/mol. The molecule has 0 aromatic carbocycles. The quantitative estimate of drug-likeness (QED) is 0.0261. The highest BCUT2D eigenvalue weighted by Gasteiger charge is 2.19. The highest BCUT2D eigenvalue weighted by Crippen LogP contribution is 2.17. The molecular formula is C76H132O6. The Bertz CT molecular complexity index is 1590. The molecule has 0 spiro atoms. The predicted octanol–water partition coefficient (Wildman–Crippen LogP) is 24.4. The summed E-state index contributed by atoms with van der Waals surface area (Å²) in [5, 5.41) is 0. The molecule has 0 aromatic heterocycles. The maximum atomic E-state index is 12.9. The molecule has 0 fully saturated rings. The summed E-state index contributed by atoms with van der Waals surface area (Å²) in [6.07, 6.45) is 94.4. The fourth-order valence-corrected chi connectivity index (χ4v) is 10.0. The lowest BCUT2D eigenvalue weighted by molar-refractivity contribution is -0.167. The van der Waals surface area contributed by atoms with E-state index in [1.165, 1.54) is 199 Å². The van der Waals surface area contributed by atoms with E-state index in [2.05, 4.69) is 118 Å². The topological polar surface area (TPSA) is 78.9 Å². The van der Waals surface area contributed by atoms with Gasteiger partial charge in [0.25, 0.3) is 0 Å². The minimum Gasteiger partial charge on any atom is -0.462 e. The van der Waals surface area contributed by atoms with Crippen LogP contribution in [0.15, 0.2) is 97.2 Å². The number of rotatable bonds is 64. The summed E-state index contributed by atoms with van der Waals surface area (Å²) < 4.78 is 17.0. The van der Waals surface area contributed by atoms with Gasteiger partial charge in [-0.3, -0.25) is 14.4 Å². The largest absolute Gasteiger partial charge is 0.462 e. The van der Waals surface area contributed by atoms with Gasteiger partial charge in [-0.2, -0.15) is 0 Å². The normalized spacial score (nSPS) is 12.7. The second-order valence-corrected chi connectivity index (χ2v) is 23.4. The summed E-state index contributed by atoms with van der Waals surface area (Å²) in [5.74, 6) is -0.883. The zero-order valence-corrected chi connectivity index (χ0v) is 54.2. The Hall–Kier alpha value is -3.67. The van der Waals surface area contributed by atoms with Gasteiger partial charge in [-0.25, -0.2) is 0 Å². The first-order valence-electron chi connectivity index (χ1n) is 35.2. The van der Waals surface area contributed by atoms with E-state index in [9.17, 15) is 14.4 Å². The SMILES string of the molecule is CC/C=C\C/C=C\C/C=C\C/C=C\C/C=C\CCCCCCCCCCCCCCCCCCCC(=O)OCC(COC(=O)CCCCCCC/C=C\C/C=C\CCCC)OC(=O)CCCCCCCCC/C=C\CCCCCCCC. The molecule has 82 heavy (non-hydrogen) atoms. The average Bonchev–Trinajstić information content (AvgIpc) is 3.47. The van der Waals surface area contributed by atoms with E-state index < -0.39 is 6.10 Å². The van der Waals surface area contributed by atoms with E-state index in [-0.39, 0.29) is 31.1 Å². The molecule has 0 radical (unpaired) electrons. The van der Waals surface area contributed by atoms with Crippen molar-refractivity contribution >= 4 is 17.9 Å². The summed E-state index contributed by atoms with van der Waals surface area (Å²) in [7, 11) is 0. The second-order valence-electron chi connectivity index (χ2n) is 23.4. The number of carbonyl (C=O) groups excluding carboxylic acids is 3. The molecule has 472 valence electrons. The molecule has 0 aliphatic heterocycles. The Kier molecular flexibility index (Phi) is 66.7. The number of ether oxygens (including phenoxy) is 3. The maximum absolute atomic E-state index is 12.9. The van der Waals surface area contributed by atoms with E-state index in [0.717, 1.165) is 109 Å². The second kappa shape index (κ2) is 69.8. The molecule has 0 saturated heterocycles. The summed E-state index contributed by atoms with van der Waals surface area (Å²) in [5.41, 5.74) is 0. The number of unbranched alkanes of at least 4 members (excludes halogenated alkanes) is 37. The lowest BCUT2D eigenvalue weighted by Crippen LogP contribution is -2.30. The van der Waals surface area contributed by atoms with Gasteiger partial charge in [-0.15, -0.1) is 0 Å². The van der Waals surface area contributed by atoms with Gasteiger partial charge < -0.3 is 14.2 Å². The molecule has 0 heterocycles. The zero-order valence-electron chi connectivity index (χ0n) is 54.2. The van der Waals surface area contributed by atoms with Crippen LogP contribution in [0.1, 0.15) is 348 Å². The monoisotopic (exact) mass is 1140 g/mol. The minimum atomic E-state index is -0.785. The molecule has 0 aliphatic rings. The molecule has 0 saturated carbocycles. The molecule has 1 unspecified atom stereocenters. The summed E-state index contributed by atoms with van der Waals surface area (Å²) in [6.45, 7) is 6.50. The number of allylic oxidation sites excluding steroid dienone is 16. The van der Waals surface area contributed by atoms with E-state index >= 15 is 0 Å². The van der Waals surface area contributed by atoms with E-state index in [1.807, 2.05) is 0 Å². The first kappa shape index (κ1) is 78.3. The van der Waals surface area contributed by atoms with Crippen molar-refractivity contribution in [1.82, 2.24) is 0 Å². The number of hydrogen-bond acceptors (Lipinski definition) is 6. The maximum Gasteiger partial charge on any atom is 0.306 e. The average molecular weight is 1140 g/mol. The Labute approximate surface area is 508 Å². The fraction of sp³-hybridized carbons (Fsp3) is 0.750. The van der Waals surface area contributed by atoms with Crippen LogP contribution >= 0.6 is 0 Å². The van der Waals surface area contributed by atoms with Gasteiger partial charge in [-0.05, 0) is 116 Å². The molecule has 0 amide bonds. The van der Waals surface area contributed by atoms with Gasteiger partial charge >= 0.3 is 17.9 Å². The molecule has 0 aromatic rings. The van der Waals surface area contributed by atoms with Gasteiger partial charge in [0.15, 0.2) is 6.10 Å². The van der Waals surface area contributed by atoms with Gasteiger partial charge in [0.1, 0.15) is 13.2 Å². The predicted molar refractivity (Wildman–Crippen MR) is 357 cm³/mol. The van der Waals surface area contributed by atoms with Crippen molar-refractivity contribution < 1.29 is 28.6 Å². The minimum absolute atomic E-state index is 0.0802. The van der Waals surface area contributed by atoms with Crippen LogP contribution in [0.4, 0.5) is 0 Å². The van der Waals surface area contributed by atoms with Crippen molar-refractivity contribution in [3.05, 3.63) is 97.2 Å². The van der Waals surface area contributed by atoms with Gasteiger partial charge in [0.2, 0.25) is 0 Å². The summed E-state index contributed by atoms with van der Waals surface area (Å²) in [6, 6.07) is 0. The third kappa shape index (κ3) is 67.1. The van der Waals surface area contributed by atoms with Crippen molar-refractivity contribution in [3.63, 3.8) is 0 Å². The number of hydrogen-bond donors (Lipinski definition) is 0. The molecule has 0 rings (SSSR count). The van der Waals surface area contributed by atoms with Gasteiger partial charge in [-0.1, -0.05) is 311 Å². The zero-order chi connectivity index (χ0) is 59.2. The van der Waals surface area contributed by atoms with Crippen LogP contribution < -0.4 is 0 Å². The van der Waals surface area contributed by atoms with Gasteiger partial charge in [0.05, 0.1) is 0 Å². The fourth-order valence-electron chi connectivity index (χ4n) is 10.0. The first-order chi connectivity index (χ1) is 40.5. The van der Waals surface area contributed by atoms with E-state index in [1.54, 1.807) is 0 Å². The lowest BCUT2D eigenvalue weighted by Gasteiger charge is -2.18. The molecule has 1 atom stereocenters. The molecule has 0 aliphatic carbocycles. The summed E-state index contributed by atoms with van der Waals surface area (Å²) >= 11 is 0. The third-order valence-corrected chi connectivity index (χ3v) is 15.3. The van der Waals surface area contributed by atoms with E-state index in [0.29, 0.717) is 19.3 Å². The molecule has 6 heteroatoms. The highest BCUT2D eigenvalue weighted by atomic mass is 16.6. The Morgan fingerprint density at radius 3 is 0.793 bits per heavy atom. The van der Waals surface area contributed by atoms with Crippen LogP contribution in [-0.2, 0) is 28.6 Å². The Morgan fingerprint density at radius 1 is 0.256 bits per heavy atom. The van der Waals surface area contributed by atoms with Crippen LogP contribution in [0.5, 0.6) is 0 Å². The van der Waals surface area contributed by atoms with Crippen LogP contribution in [0.3, 0.4) is 0 Å². The van der Waals surface area contributed by atoms with Crippen molar-refractivity contribution in [2.75, 3.05) is 13.2 Å². The molecule has 0 N–H and O–H groups in total. The number of carbonyl (C=O) groups is 3. The standard InChI is InChI=1S/C76H132O6/c1-4-7-10-13-16-19-22-25-28-30-31-32-33-34-35-36-37-38-39-40-41-42-43-44-45-47-48-51-54-57-60-63-66-69-75(78)81-72-73(71-80-74(77)68-65-62-59-56-53-50-27-24-21-18-15-12-9-6-3)82-76(79)70-67-64-61-58-55-52-49-46-29-26-23-20-17-14-11-8-5-2/h7,10,15-16,18-19,24-29,31-32,34-35,73H,4-6,8-9,11-14,17,20-23,30,33,36-72H2,1-3H3/b10-7-,18-15-,19-16-,27-24-,28-25-,29-26-,32-31-,35-34-. The van der Waals surface area contributed by atoms with E-state index in [4.69, 9.17) is 14.2 Å². The smallest absolute Gasteiger partial charge is 0.306 e. The van der Waals surface area contributed by atoms with Crippen molar-refractivity contribution in [3.8, 4) is 0 Å². The Morgan fingerprint density at radius 2 is 0.488 bits per heavy atom. The first-order valence-corrected chi connectivity index (χ1v) is 35.2. The lowest BCUT2D eigenvalue weighted by atomic mass is 10.0. The third-order valence-electron chi connectivity index (χ3n) is 15.3. The van der Waals surface area contributed by atoms with Crippen LogP contribution in [0.25, 0.3) is 0 Å². The van der Waals surface area contributed by atoms with Crippen molar-refractivity contribution in [1.29, 1.82) is 0 Å². The van der Waals surface area contributed by atoms with Crippen LogP contribution in [-0.4, -0.2) is 37.2 Å². The van der Waals surface area contributed by atoms with Crippen molar-refractivity contribution in [2.45, 2.75) is 354 Å². The van der Waals surface area contributed by atoms with Crippen LogP contribution in [0, 0.1) is 0 Å². The van der Waals surface area contributed by atoms with Crippen LogP contribution in [0.2, 0.25) is 0 Å². The Balaban J connectivity index is 4.19. The van der Waals surface area contributed by atoms with Gasteiger partial charge in [0, 0.05) is 19.3 Å². The highest BCUT2D eigenvalue weighted by molar-refractivity contribution is 5.71. The molecule has 0 bridgehead atoms. The summed E-state index contributed by atoms with van der Waals surface area (Å²) in [4.78, 5) is 38.4. The number of esters is 3.